The molecule has 0 saturated heterocycles. The highest BCUT2D eigenvalue weighted by Gasteiger charge is 2.10. The molecule has 29 heavy (non-hydrogen) atoms. The average Bonchev–Trinajstić information content (AvgIpc) is 3.11. The molecule has 0 bridgehead atoms. The maximum atomic E-state index is 12.9. The summed E-state index contributed by atoms with van der Waals surface area (Å²) in [5.74, 6) is -1.07. The number of nitrogens with one attached hydrogen (secondary N) is 1. The number of aryl methyl sites for hydroxylation is 2. The second kappa shape index (κ2) is 6.52. The van der Waals surface area contributed by atoms with Crippen molar-refractivity contribution in [2.45, 2.75) is 0 Å². The molecule has 0 atom stereocenters. The Balaban J connectivity index is 1.89. The molecule has 8 heteroatoms. The van der Waals surface area contributed by atoms with E-state index in [-0.39, 0.29) is 16.8 Å². The molecule has 8 nitrogen and oxygen atoms in total. The molecule has 0 aliphatic rings. The molecule has 146 valence electrons. The molecule has 0 fully saturated rings. The van der Waals surface area contributed by atoms with Gasteiger partial charge in [0.25, 0.3) is 5.56 Å². The third-order valence-corrected chi connectivity index (χ3v) is 4.96. The number of H-pyrrole nitrogens is 1. The molecule has 0 saturated carbocycles. The molecule has 0 aliphatic carbocycles. The van der Waals surface area contributed by atoms with E-state index < -0.39 is 5.97 Å². The Labute approximate surface area is 163 Å². The maximum absolute atomic E-state index is 12.9. The first-order valence-electron chi connectivity index (χ1n) is 8.79. The van der Waals surface area contributed by atoms with Crippen LogP contribution in [-0.2, 0) is 14.1 Å². The fourth-order valence-corrected chi connectivity index (χ4v) is 3.38. The molecule has 4 aromatic rings. The van der Waals surface area contributed by atoms with Crippen molar-refractivity contribution in [1.29, 1.82) is 0 Å². The van der Waals surface area contributed by atoms with Gasteiger partial charge in [-0.05, 0) is 42.0 Å². The summed E-state index contributed by atoms with van der Waals surface area (Å²) >= 11 is 0. The monoisotopic (exact) mass is 390 g/mol. The summed E-state index contributed by atoms with van der Waals surface area (Å²) in [6.45, 7) is 3.90. The minimum absolute atomic E-state index is 0.0792. The number of imidazole rings is 1. The SMILES string of the molecule is C=c1[nH]n(-c2cccc(C(=O)O)c2)c(=O)/c1=C/c1ccc2c(c1)n(C)c(=O)n2C. The number of aromatic amines is 1. The first-order valence-corrected chi connectivity index (χ1v) is 8.79. The zero-order valence-corrected chi connectivity index (χ0v) is 15.8. The average molecular weight is 390 g/mol. The van der Waals surface area contributed by atoms with Crippen LogP contribution in [0.2, 0.25) is 0 Å². The van der Waals surface area contributed by atoms with Crippen LogP contribution in [0.25, 0.3) is 29.4 Å². The van der Waals surface area contributed by atoms with E-state index in [1.165, 1.54) is 16.8 Å². The van der Waals surface area contributed by atoms with Crippen molar-refractivity contribution in [3.8, 4) is 5.69 Å². The number of carbonyl (C=O) groups is 1. The van der Waals surface area contributed by atoms with Gasteiger partial charge in [0.2, 0.25) is 0 Å². The lowest BCUT2D eigenvalue weighted by Gasteiger charge is -2.02. The van der Waals surface area contributed by atoms with Gasteiger partial charge in [0.1, 0.15) is 0 Å². The fourth-order valence-electron chi connectivity index (χ4n) is 3.38. The van der Waals surface area contributed by atoms with Crippen LogP contribution in [0.1, 0.15) is 15.9 Å². The second-order valence-electron chi connectivity index (χ2n) is 6.79. The van der Waals surface area contributed by atoms with Crippen LogP contribution in [0.3, 0.4) is 0 Å². The number of aromatic nitrogens is 4. The Bertz CT molecular complexity index is 1520. The van der Waals surface area contributed by atoms with Gasteiger partial charge in [0.15, 0.2) is 0 Å². The van der Waals surface area contributed by atoms with Gasteiger partial charge in [0.05, 0.1) is 32.9 Å². The Morgan fingerprint density at radius 1 is 1.07 bits per heavy atom. The first kappa shape index (κ1) is 18.3. The quantitative estimate of drug-likeness (QED) is 0.525. The minimum atomic E-state index is -1.07. The van der Waals surface area contributed by atoms with E-state index in [2.05, 4.69) is 11.7 Å². The van der Waals surface area contributed by atoms with Crippen molar-refractivity contribution in [3.05, 3.63) is 85.0 Å². The topological polar surface area (TPSA) is 102 Å². The Morgan fingerprint density at radius 3 is 2.52 bits per heavy atom. The minimum Gasteiger partial charge on any atom is -0.478 e. The lowest BCUT2D eigenvalue weighted by molar-refractivity contribution is 0.0697. The van der Waals surface area contributed by atoms with E-state index in [9.17, 15) is 14.4 Å². The van der Waals surface area contributed by atoms with Crippen LogP contribution in [0, 0.1) is 0 Å². The zero-order valence-electron chi connectivity index (χ0n) is 15.8. The predicted molar refractivity (Wildman–Crippen MR) is 110 cm³/mol. The summed E-state index contributed by atoms with van der Waals surface area (Å²) in [4.78, 5) is 36.2. The molecule has 0 aliphatic heterocycles. The maximum Gasteiger partial charge on any atom is 0.335 e. The van der Waals surface area contributed by atoms with Crippen LogP contribution in [0.5, 0.6) is 0 Å². The van der Waals surface area contributed by atoms with Gasteiger partial charge < -0.3 is 5.11 Å². The summed E-state index contributed by atoms with van der Waals surface area (Å²) in [5, 5.41) is 12.8. The van der Waals surface area contributed by atoms with Gasteiger partial charge in [-0.25, -0.2) is 14.3 Å². The number of benzene rings is 2. The first-order chi connectivity index (χ1) is 13.8. The highest BCUT2D eigenvalue weighted by atomic mass is 16.4. The van der Waals surface area contributed by atoms with E-state index in [0.29, 0.717) is 16.3 Å². The molecular weight excluding hydrogens is 372 g/mol. The van der Waals surface area contributed by atoms with Crippen molar-refractivity contribution < 1.29 is 9.90 Å². The van der Waals surface area contributed by atoms with Crippen molar-refractivity contribution in [2.24, 2.45) is 14.1 Å². The van der Waals surface area contributed by atoms with Crippen molar-refractivity contribution in [2.75, 3.05) is 0 Å². The number of carboxylic acids is 1. The summed E-state index contributed by atoms with van der Waals surface area (Å²) in [5.41, 5.74) is 2.29. The Morgan fingerprint density at radius 2 is 1.79 bits per heavy atom. The predicted octanol–water partition coefficient (Wildman–Crippen LogP) is 0.293. The van der Waals surface area contributed by atoms with E-state index in [1.807, 2.05) is 18.2 Å². The second-order valence-corrected chi connectivity index (χ2v) is 6.79. The lowest BCUT2D eigenvalue weighted by Crippen LogP contribution is -2.34. The summed E-state index contributed by atoms with van der Waals surface area (Å²) in [7, 11) is 3.40. The van der Waals surface area contributed by atoms with Gasteiger partial charge in [-0.3, -0.25) is 19.0 Å². The highest BCUT2D eigenvalue weighted by molar-refractivity contribution is 5.88. The van der Waals surface area contributed by atoms with Gasteiger partial charge >= 0.3 is 11.7 Å². The van der Waals surface area contributed by atoms with Gasteiger partial charge in [-0.15, -0.1) is 0 Å². The van der Waals surface area contributed by atoms with Gasteiger partial charge in [-0.1, -0.05) is 18.7 Å². The van der Waals surface area contributed by atoms with Gasteiger partial charge in [-0.2, -0.15) is 0 Å². The molecule has 0 spiro atoms. The van der Waals surface area contributed by atoms with Crippen LogP contribution in [0.15, 0.2) is 52.1 Å². The van der Waals surface area contributed by atoms with Crippen LogP contribution in [0.4, 0.5) is 0 Å². The molecule has 4 rings (SSSR count). The molecule has 0 unspecified atom stereocenters. The highest BCUT2D eigenvalue weighted by Crippen LogP contribution is 2.14. The zero-order chi connectivity index (χ0) is 20.9. The Kier molecular flexibility index (Phi) is 4.11. The Hall–Kier alpha value is -4.07. The van der Waals surface area contributed by atoms with Crippen LogP contribution >= 0.6 is 0 Å². The number of nitrogens with zero attached hydrogens (tertiary/aromatic N) is 3. The largest absolute Gasteiger partial charge is 0.478 e. The van der Waals surface area contributed by atoms with Crippen molar-refractivity contribution in [3.63, 3.8) is 0 Å². The molecule has 2 heterocycles. The smallest absolute Gasteiger partial charge is 0.335 e. The molecule has 2 N–H and O–H groups in total. The molecule has 2 aromatic carbocycles. The van der Waals surface area contributed by atoms with E-state index >= 15 is 0 Å². The van der Waals surface area contributed by atoms with Gasteiger partial charge in [0, 0.05) is 14.1 Å². The summed E-state index contributed by atoms with van der Waals surface area (Å²) < 4.78 is 4.37. The molecular formula is C21H18N4O4. The number of rotatable bonds is 3. The van der Waals surface area contributed by atoms with Crippen LogP contribution in [-0.4, -0.2) is 30.0 Å². The molecule has 0 radical (unpaired) electrons. The van der Waals surface area contributed by atoms with E-state index in [1.54, 1.807) is 41.4 Å². The summed E-state index contributed by atoms with van der Waals surface area (Å²) in [6.07, 6.45) is 1.69. The number of carboxylic acid groups (broad SMARTS) is 1. The number of hydrogen-bond acceptors (Lipinski definition) is 3. The van der Waals surface area contributed by atoms with Crippen molar-refractivity contribution in [1.82, 2.24) is 18.9 Å². The standard InChI is InChI=1S/C21H18N4O4/c1-12-16(9-13-7-8-17-18(10-13)24(3)21(29)23(17)2)19(26)25(22-12)15-6-4-5-14(11-15)20(27)28/h4-11,22H,1H2,2-3H3,(H,27,28)/b16-9+. The molecule has 2 aromatic heterocycles. The lowest BCUT2D eigenvalue weighted by atomic mass is 10.1. The van der Waals surface area contributed by atoms with Crippen LogP contribution < -0.4 is 21.8 Å². The number of aromatic carboxylic acids is 1. The third kappa shape index (κ3) is 2.91. The summed E-state index contributed by atoms with van der Waals surface area (Å²) in [6, 6.07) is 11.6. The normalized spacial score (nSPS) is 12.0. The number of fused-ring (bicyclic) bond motifs is 1. The fraction of sp³-hybridized carbons (Fsp3) is 0.0952. The number of hydrogen-bond donors (Lipinski definition) is 2. The van der Waals surface area contributed by atoms with E-state index in [0.717, 1.165) is 16.6 Å². The van der Waals surface area contributed by atoms with Crippen molar-refractivity contribution >= 4 is 29.7 Å². The third-order valence-electron chi connectivity index (χ3n) is 4.96. The van der Waals surface area contributed by atoms with E-state index in [4.69, 9.17) is 5.11 Å². The molecule has 0 amide bonds.